The molecule has 18 heavy (non-hydrogen) atoms. The number of aryl methyl sites for hydroxylation is 1. The van der Waals surface area contributed by atoms with E-state index >= 15 is 0 Å². The van der Waals surface area contributed by atoms with E-state index in [0.29, 0.717) is 26.1 Å². The summed E-state index contributed by atoms with van der Waals surface area (Å²) in [7, 11) is 0. The van der Waals surface area contributed by atoms with Crippen molar-refractivity contribution >= 4 is 34.2 Å². The van der Waals surface area contributed by atoms with Gasteiger partial charge in [0.2, 0.25) is 5.91 Å². The van der Waals surface area contributed by atoms with Crippen molar-refractivity contribution in [3.63, 3.8) is 0 Å². The average molecular weight is 360 g/mol. The van der Waals surface area contributed by atoms with Gasteiger partial charge in [-0.1, -0.05) is 6.07 Å². The lowest BCUT2D eigenvalue weighted by Crippen LogP contribution is -2.54. The molecule has 1 heterocycles. The average Bonchev–Trinajstić information content (AvgIpc) is 2.35. The van der Waals surface area contributed by atoms with Crippen LogP contribution in [0.15, 0.2) is 18.2 Å². The molecule has 0 spiro atoms. The molecule has 0 aliphatic carbocycles. The van der Waals surface area contributed by atoms with E-state index < -0.39 is 5.54 Å². The van der Waals surface area contributed by atoms with Crippen molar-refractivity contribution in [3.8, 4) is 0 Å². The first kappa shape index (κ1) is 13.8. The van der Waals surface area contributed by atoms with Crippen LogP contribution < -0.4 is 11.1 Å². The van der Waals surface area contributed by atoms with Crippen LogP contribution in [0.4, 0.5) is 5.69 Å². The van der Waals surface area contributed by atoms with Gasteiger partial charge in [0.25, 0.3) is 0 Å². The molecule has 1 aliphatic heterocycles. The predicted octanol–water partition coefficient (Wildman–Crippen LogP) is 2.05. The fraction of sp³-hybridized carbons (Fsp3) is 0.462. The van der Waals surface area contributed by atoms with Crippen LogP contribution in [0.3, 0.4) is 0 Å². The van der Waals surface area contributed by atoms with E-state index in [4.69, 9.17) is 10.5 Å². The molecule has 1 fully saturated rings. The fourth-order valence-electron chi connectivity index (χ4n) is 1.89. The Kier molecular flexibility index (Phi) is 4.24. The molecule has 0 saturated carbocycles. The number of benzene rings is 1. The first-order valence-corrected chi connectivity index (χ1v) is 7.03. The van der Waals surface area contributed by atoms with Crippen LogP contribution in [-0.4, -0.2) is 24.7 Å². The summed E-state index contributed by atoms with van der Waals surface area (Å²) in [4.78, 5) is 12.2. The highest BCUT2D eigenvalue weighted by Gasteiger charge is 2.35. The third-order valence-electron chi connectivity index (χ3n) is 3.27. The van der Waals surface area contributed by atoms with Crippen molar-refractivity contribution in [3.05, 3.63) is 27.3 Å². The highest BCUT2D eigenvalue weighted by Crippen LogP contribution is 2.22. The Balaban J connectivity index is 2.08. The first-order chi connectivity index (χ1) is 8.51. The molecule has 0 atom stereocenters. The molecule has 0 unspecified atom stereocenters. The minimum Gasteiger partial charge on any atom is -0.381 e. The van der Waals surface area contributed by atoms with E-state index in [1.165, 1.54) is 5.56 Å². The van der Waals surface area contributed by atoms with Crippen molar-refractivity contribution < 1.29 is 9.53 Å². The summed E-state index contributed by atoms with van der Waals surface area (Å²) < 4.78 is 6.37. The van der Waals surface area contributed by atoms with E-state index in [1.54, 1.807) is 0 Å². The number of hydrogen-bond donors (Lipinski definition) is 2. The number of amides is 1. The SMILES string of the molecule is Cc1ccc(NC(=O)C2(N)CCOCC2)cc1I. The molecule has 3 N–H and O–H groups in total. The summed E-state index contributed by atoms with van der Waals surface area (Å²) in [5.41, 5.74) is 7.32. The molecule has 98 valence electrons. The van der Waals surface area contributed by atoms with Crippen LogP contribution in [0.2, 0.25) is 0 Å². The standard InChI is InChI=1S/C13H17IN2O2/c1-9-2-3-10(8-11(9)14)16-12(17)13(15)4-6-18-7-5-13/h2-3,8H,4-7,15H2,1H3,(H,16,17). The summed E-state index contributed by atoms with van der Waals surface area (Å²) in [6.45, 7) is 3.14. The Morgan fingerprint density at radius 1 is 1.44 bits per heavy atom. The molecule has 1 aromatic rings. The Morgan fingerprint density at radius 3 is 2.72 bits per heavy atom. The van der Waals surface area contributed by atoms with Crippen molar-refractivity contribution in [2.24, 2.45) is 5.73 Å². The third-order valence-corrected chi connectivity index (χ3v) is 4.43. The van der Waals surface area contributed by atoms with Crippen molar-refractivity contribution in [1.82, 2.24) is 0 Å². The number of ether oxygens (including phenoxy) is 1. The summed E-state index contributed by atoms with van der Waals surface area (Å²) in [6, 6.07) is 5.85. The minimum atomic E-state index is -0.797. The molecule has 0 bridgehead atoms. The topological polar surface area (TPSA) is 64.4 Å². The van der Waals surface area contributed by atoms with Crippen molar-refractivity contribution in [2.45, 2.75) is 25.3 Å². The largest absolute Gasteiger partial charge is 0.381 e. The van der Waals surface area contributed by atoms with E-state index in [2.05, 4.69) is 27.9 Å². The minimum absolute atomic E-state index is 0.120. The van der Waals surface area contributed by atoms with Gasteiger partial charge in [-0.2, -0.15) is 0 Å². The van der Waals surface area contributed by atoms with Gasteiger partial charge >= 0.3 is 0 Å². The Hall–Kier alpha value is -0.660. The predicted molar refractivity (Wildman–Crippen MR) is 79.5 cm³/mol. The number of carbonyl (C=O) groups excluding carboxylic acids is 1. The zero-order chi connectivity index (χ0) is 13.2. The number of rotatable bonds is 2. The molecule has 1 aliphatic rings. The van der Waals surface area contributed by atoms with Crippen LogP contribution in [0, 0.1) is 10.5 Å². The van der Waals surface area contributed by atoms with Gasteiger partial charge in [-0.05, 0) is 60.1 Å². The number of anilines is 1. The van der Waals surface area contributed by atoms with Gasteiger partial charge in [0.05, 0.1) is 0 Å². The van der Waals surface area contributed by atoms with Gasteiger partial charge in [0.15, 0.2) is 0 Å². The Bertz CT molecular complexity index is 456. The third kappa shape index (κ3) is 3.02. The van der Waals surface area contributed by atoms with Gasteiger partial charge in [-0.3, -0.25) is 4.79 Å². The summed E-state index contributed by atoms with van der Waals surface area (Å²) >= 11 is 2.25. The lowest BCUT2D eigenvalue weighted by atomic mass is 9.90. The number of hydrogen-bond acceptors (Lipinski definition) is 3. The van der Waals surface area contributed by atoms with Crippen LogP contribution in [0.25, 0.3) is 0 Å². The summed E-state index contributed by atoms with van der Waals surface area (Å²) in [5, 5.41) is 2.90. The Labute approximate surface area is 120 Å². The van der Waals surface area contributed by atoms with Crippen molar-refractivity contribution in [2.75, 3.05) is 18.5 Å². The lowest BCUT2D eigenvalue weighted by Gasteiger charge is -2.31. The second kappa shape index (κ2) is 5.54. The monoisotopic (exact) mass is 360 g/mol. The molecular weight excluding hydrogens is 343 g/mol. The maximum absolute atomic E-state index is 12.2. The number of nitrogens with two attached hydrogens (primary N) is 1. The zero-order valence-corrected chi connectivity index (χ0v) is 12.5. The molecule has 0 radical (unpaired) electrons. The second-order valence-electron chi connectivity index (χ2n) is 4.69. The number of nitrogens with one attached hydrogen (secondary N) is 1. The summed E-state index contributed by atoms with van der Waals surface area (Å²) in [5.74, 6) is -0.120. The van der Waals surface area contributed by atoms with E-state index in [1.807, 2.05) is 25.1 Å². The van der Waals surface area contributed by atoms with Crippen LogP contribution in [0.1, 0.15) is 18.4 Å². The van der Waals surface area contributed by atoms with Crippen LogP contribution >= 0.6 is 22.6 Å². The quantitative estimate of drug-likeness (QED) is 0.794. The highest BCUT2D eigenvalue weighted by atomic mass is 127. The van der Waals surface area contributed by atoms with Gasteiger partial charge in [0.1, 0.15) is 5.54 Å². The zero-order valence-electron chi connectivity index (χ0n) is 10.3. The van der Waals surface area contributed by atoms with Gasteiger partial charge < -0.3 is 15.8 Å². The van der Waals surface area contributed by atoms with Crippen LogP contribution in [0.5, 0.6) is 0 Å². The van der Waals surface area contributed by atoms with E-state index in [0.717, 1.165) is 9.26 Å². The molecule has 4 nitrogen and oxygen atoms in total. The van der Waals surface area contributed by atoms with E-state index in [-0.39, 0.29) is 5.91 Å². The van der Waals surface area contributed by atoms with E-state index in [9.17, 15) is 4.79 Å². The maximum atomic E-state index is 12.2. The summed E-state index contributed by atoms with van der Waals surface area (Å²) in [6.07, 6.45) is 1.14. The molecular formula is C13H17IN2O2. The number of halogens is 1. The number of carbonyl (C=O) groups is 1. The van der Waals surface area contributed by atoms with Crippen LogP contribution in [-0.2, 0) is 9.53 Å². The second-order valence-corrected chi connectivity index (χ2v) is 5.85. The Morgan fingerprint density at radius 2 is 2.11 bits per heavy atom. The highest BCUT2D eigenvalue weighted by molar-refractivity contribution is 14.1. The molecule has 1 aromatic carbocycles. The molecule has 1 saturated heterocycles. The fourth-order valence-corrected chi connectivity index (χ4v) is 2.40. The lowest BCUT2D eigenvalue weighted by molar-refractivity contribution is -0.124. The molecule has 5 heteroatoms. The normalized spacial score (nSPS) is 18.4. The molecule has 0 aromatic heterocycles. The molecule has 1 amide bonds. The molecule has 2 rings (SSSR count). The smallest absolute Gasteiger partial charge is 0.244 e. The first-order valence-electron chi connectivity index (χ1n) is 5.95. The van der Waals surface area contributed by atoms with Gasteiger partial charge in [-0.15, -0.1) is 0 Å². The van der Waals surface area contributed by atoms with Crippen molar-refractivity contribution in [1.29, 1.82) is 0 Å². The van der Waals surface area contributed by atoms with Gasteiger partial charge in [-0.25, -0.2) is 0 Å². The van der Waals surface area contributed by atoms with Gasteiger partial charge in [0, 0.05) is 22.5 Å². The maximum Gasteiger partial charge on any atom is 0.244 e.